The summed E-state index contributed by atoms with van der Waals surface area (Å²) in [6, 6.07) is 0.534. The summed E-state index contributed by atoms with van der Waals surface area (Å²) in [6.45, 7) is 5.43. The molecule has 0 bridgehead atoms. The molecule has 6 heteroatoms. The standard InChI is InChI=1S/C11H23FN4.HI/c1-2-16-8-3-5-10(16)9-15-11(13)14-7-4-6-12;/h10H,2-9H2,1H3,(H3,13,14,15);1H. The van der Waals surface area contributed by atoms with Crippen LogP contribution in [0, 0.1) is 0 Å². The third-order valence-electron chi connectivity index (χ3n) is 2.99. The number of rotatable bonds is 6. The van der Waals surface area contributed by atoms with Crippen molar-refractivity contribution in [1.82, 2.24) is 10.2 Å². The lowest BCUT2D eigenvalue weighted by Gasteiger charge is -2.20. The predicted molar refractivity (Wildman–Crippen MR) is 80.8 cm³/mol. The first kappa shape index (κ1) is 16.9. The van der Waals surface area contributed by atoms with E-state index in [1.54, 1.807) is 0 Å². The van der Waals surface area contributed by atoms with Crippen LogP contribution >= 0.6 is 24.0 Å². The van der Waals surface area contributed by atoms with Gasteiger partial charge in [-0.25, -0.2) is 0 Å². The molecule has 1 unspecified atom stereocenters. The van der Waals surface area contributed by atoms with Crippen LogP contribution in [0.5, 0.6) is 0 Å². The minimum atomic E-state index is -0.313. The van der Waals surface area contributed by atoms with E-state index >= 15 is 0 Å². The minimum Gasteiger partial charge on any atom is -0.370 e. The molecule has 1 fully saturated rings. The van der Waals surface area contributed by atoms with E-state index in [0.29, 0.717) is 25.0 Å². The second-order valence-corrected chi connectivity index (χ2v) is 4.12. The van der Waals surface area contributed by atoms with Gasteiger partial charge in [-0.2, -0.15) is 0 Å². The number of likely N-dealkylation sites (tertiary alicyclic amines) is 1. The van der Waals surface area contributed by atoms with Crippen LogP contribution < -0.4 is 11.1 Å². The first-order valence-electron chi connectivity index (χ1n) is 6.11. The normalized spacial score (nSPS) is 21.3. The van der Waals surface area contributed by atoms with E-state index in [1.807, 2.05) is 0 Å². The van der Waals surface area contributed by atoms with Crippen molar-refractivity contribution in [2.75, 3.05) is 32.9 Å². The van der Waals surface area contributed by atoms with Gasteiger partial charge in [0.1, 0.15) is 0 Å². The number of hydrogen-bond donors (Lipinski definition) is 2. The quantitative estimate of drug-likeness (QED) is 0.326. The topological polar surface area (TPSA) is 53.6 Å². The van der Waals surface area contributed by atoms with Crippen molar-refractivity contribution in [3.63, 3.8) is 0 Å². The van der Waals surface area contributed by atoms with Crippen LogP contribution in [0.4, 0.5) is 4.39 Å². The summed E-state index contributed by atoms with van der Waals surface area (Å²) in [5.74, 6) is 0.441. The molecule has 17 heavy (non-hydrogen) atoms. The largest absolute Gasteiger partial charge is 0.370 e. The van der Waals surface area contributed by atoms with Gasteiger partial charge in [0.25, 0.3) is 0 Å². The molecule has 1 saturated heterocycles. The van der Waals surface area contributed by atoms with Crippen LogP contribution in [0.15, 0.2) is 4.99 Å². The van der Waals surface area contributed by atoms with Crippen LogP contribution in [0.1, 0.15) is 26.2 Å². The number of likely N-dealkylation sites (N-methyl/N-ethyl adjacent to an activating group) is 1. The zero-order chi connectivity index (χ0) is 11.8. The highest BCUT2D eigenvalue weighted by atomic mass is 127. The molecule has 0 aromatic rings. The van der Waals surface area contributed by atoms with Gasteiger partial charge in [-0.1, -0.05) is 6.92 Å². The highest BCUT2D eigenvalue weighted by molar-refractivity contribution is 14.0. The fourth-order valence-electron chi connectivity index (χ4n) is 2.06. The molecule has 0 spiro atoms. The van der Waals surface area contributed by atoms with E-state index in [4.69, 9.17) is 5.73 Å². The van der Waals surface area contributed by atoms with Gasteiger partial charge in [-0.3, -0.25) is 14.3 Å². The van der Waals surface area contributed by atoms with Gasteiger partial charge in [0, 0.05) is 12.6 Å². The number of nitrogens with one attached hydrogen (secondary N) is 1. The molecule has 0 saturated carbocycles. The number of alkyl halides is 1. The summed E-state index contributed by atoms with van der Waals surface area (Å²) in [5, 5.41) is 2.91. The van der Waals surface area contributed by atoms with Crippen LogP contribution in [-0.2, 0) is 0 Å². The number of aliphatic imine (C=N–C) groups is 1. The zero-order valence-corrected chi connectivity index (χ0v) is 12.8. The Morgan fingerprint density at radius 3 is 3.00 bits per heavy atom. The Bertz CT molecular complexity index is 226. The van der Waals surface area contributed by atoms with Gasteiger partial charge < -0.3 is 11.1 Å². The Balaban J connectivity index is 0.00000256. The maximum Gasteiger partial charge on any atom is 0.188 e. The smallest absolute Gasteiger partial charge is 0.188 e. The van der Waals surface area contributed by atoms with Crippen LogP contribution in [-0.4, -0.2) is 49.8 Å². The molecule has 0 aromatic carbocycles. The lowest BCUT2D eigenvalue weighted by molar-refractivity contribution is 0.273. The summed E-state index contributed by atoms with van der Waals surface area (Å²) in [7, 11) is 0. The Kier molecular flexibility index (Phi) is 9.81. The lowest BCUT2D eigenvalue weighted by atomic mass is 10.2. The molecule has 0 amide bonds. The maximum atomic E-state index is 11.8. The van der Waals surface area contributed by atoms with Crippen LogP contribution in [0.3, 0.4) is 0 Å². The number of guanidine groups is 1. The molecular formula is C11H24FIN4. The van der Waals surface area contributed by atoms with Crippen molar-refractivity contribution in [2.24, 2.45) is 10.7 Å². The van der Waals surface area contributed by atoms with Gasteiger partial charge >= 0.3 is 0 Å². The number of hydrogen-bond acceptors (Lipinski definition) is 2. The first-order chi connectivity index (χ1) is 7.77. The van der Waals surface area contributed by atoms with Gasteiger partial charge in [0.05, 0.1) is 13.2 Å². The van der Waals surface area contributed by atoms with Crippen molar-refractivity contribution in [1.29, 1.82) is 0 Å². The average Bonchev–Trinajstić information content (AvgIpc) is 2.74. The van der Waals surface area contributed by atoms with E-state index < -0.39 is 0 Å². The third kappa shape index (κ3) is 6.40. The van der Waals surface area contributed by atoms with E-state index in [2.05, 4.69) is 22.1 Å². The molecule has 0 aliphatic carbocycles. The molecule has 1 aliphatic rings. The molecule has 0 aromatic heterocycles. The van der Waals surface area contributed by atoms with Crippen molar-refractivity contribution >= 4 is 29.9 Å². The summed E-state index contributed by atoms with van der Waals surface area (Å²) in [4.78, 5) is 6.72. The molecule has 0 radical (unpaired) electrons. The number of halogens is 2. The monoisotopic (exact) mass is 358 g/mol. The minimum absolute atomic E-state index is 0. The second-order valence-electron chi connectivity index (χ2n) is 4.12. The molecule has 4 nitrogen and oxygen atoms in total. The van der Waals surface area contributed by atoms with E-state index in [9.17, 15) is 4.39 Å². The van der Waals surface area contributed by atoms with E-state index in [0.717, 1.165) is 13.1 Å². The van der Waals surface area contributed by atoms with Crippen molar-refractivity contribution in [3.8, 4) is 0 Å². The molecule has 1 heterocycles. The fourth-order valence-corrected chi connectivity index (χ4v) is 2.06. The molecule has 1 atom stereocenters. The fraction of sp³-hybridized carbons (Fsp3) is 0.909. The third-order valence-corrected chi connectivity index (χ3v) is 2.99. The summed E-state index contributed by atoms with van der Waals surface area (Å²) >= 11 is 0. The van der Waals surface area contributed by atoms with E-state index in [-0.39, 0.29) is 30.7 Å². The maximum absolute atomic E-state index is 11.8. The Hall–Kier alpha value is -0.110. The predicted octanol–water partition coefficient (Wildman–Crippen LogP) is 1.35. The lowest BCUT2D eigenvalue weighted by Crippen LogP contribution is -2.36. The number of nitrogens with two attached hydrogens (primary N) is 1. The van der Waals surface area contributed by atoms with Crippen molar-refractivity contribution < 1.29 is 4.39 Å². The van der Waals surface area contributed by atoms with Crippen molar-refractivity contribution in [2.45, 2.75) is 32.2 Å². The average molecular weight is 358 g/mol. The molecule has 102 valence electrons. The Morgan fingerprint density at radius 2 is 2.35 bits per heavy atom. The summed E-state index contributed by atoms with van der Waals surface area (Å²) in [5.41, 5.74) is 5.68. The summed E-state index contributed by atoms with van der Waals surface area (Å²) < 4.78 is 11.8. The zero-order valence-electron chi connectivity index (χ0n) is 10.5. The molecule has 3 N–H and O–H groups in total. The molecule has 1 rings (SSSR count). The van der Waals surface area contributed by atoms with E-state index in [1.165, 1.54) is 19.4 Å². The van der Waals surface area contributed by atoms with Gasteiger partial charge in [0.2, 0.25) is 0 Å². The highest BCUT2D eigenvalue weighted by Gasteiger charge is 2.22. The van der Waals surface area contributed by atoms with Crippen LogP contribution in [0.2, 0.25) is 0 Å². The van der Waals surface area contributed by atoms with Gasteiger partial charge in [-0.15, -0.1) is 24.0 Å². The van der Waals surface area contributed by atoms with Crippen molar-refractivity contribution in [3.05, 3.63) is 0 Å². The molecule has 1 aliphatic heterocycles. The van der Waals surface area contributed by atoms with Gasteiger partial charge in [-0.05, 0) is 32.4 Å². The van der Waals surface area contributed by atoms with Crippen LogP contribution in [0.25, 0.3) is 0 Å². The Morgan fingerprint density at radius 1 is 1.59 bits per heavy atom. The molecular weight excluding hydrogens is 334 g/mol. The van der Waals surface area contributed by atoms with Gasteiger partial charge in [0.15, 0.2) is 5.96 Å². The number of nitrogens with zero attached hydrogens (tertiary/aromatic N) is 2. The Labute approximate surface area is 120 Å². The summed E-state index contributed by atoms with van der Waals surface area (Å²) in [6.07, 6.45) is 2.94. The first-order valence-corrected chi connectivity index (χ1v) is 6.11. The highest BCUT2D eigenvalue weighted by Crippen LogP contribution is 2.16. The second kappa shape index (κ2) is 9.87. The SMILES string of the molecule is CCN1CCCC1CN=C(N)NCCCF.I.